The van der Waals surface area contributed by atoms with Gasteiger partial charge in [-0.2, -0.15) is 26.3 Å². The van der Waals surface area contributed by atoms with Crippen LogP contribution in [0.5, 0.6) is 0 Å². The molecule has 0 saturated heterocycles. The zero-order valence-electron chi connectivity index (χ0n) is 19.9. The Kier molecular flexibility index (Phi) is 6.66. The second-order valence-electron chi connectivity index (χ2n) is 8.85. The maximum Gasteiger partial charge on any atom is 0.422 e. The molecule has 0 fully saturated rings. The predicted octanol–water partition coefficient (Wildman–Crippen LogP) is 10.5. The summed E-state index contributed by atoms with van der Waals surface area (Å²) in [5, 5.41) is -2.21. The van der Waals surface area contributed by atoms with Gasteiger partial charge >= 0.3 is 12.4 Å². The van der Waals surface area contributed by atoms with Crippen LogP contribution >= 0.6 is 0 Å². The van der Waals surface area contributed by atoms with Gasteiger partial charge in [0.15, 0.2) is 46.5 Å². The molecular formula is C28H8F14. The van der Waals surface area contributed by atoms with E-state index in [1.807, 2.05) is 0 Å². The highest BCUT2D eigenvalue weighted by Crippen LogP contribution is 2.49. The molecule has 0 spiro atoms. The molecule has 5 aromatic rings. The Morgan fingerprint density at radius 3 is 0.714 bits per heavy atom. The number of hydrogen-bond donors (Lipinski definition) is 0. The Hall–Kier alpha value is -4.36. The molecule has 0 nitrogen and oxygen atoms in total. The number of hydrogen-bond acceptors (Lipinski definition) is 0. The van der Waals surface area contributed by atoms with Crippen LogP contribution < -0.4 is 0 Å². The van der Waals surface area contributed by atoms with Gasteiger partial charge in [0.2, 0.25) is 0 Å². The van der Waals surface area contributed by atoms with E-state index in [4.69, 9.17) is 0 Å². The summed E-state index contributed by atoms with van der Waals surface area (Å²) in [6.45, 7) is 0. The van der Waals surface area contributed by atoms with Gasteiger partial charge in [-0.15, -0.1) is 0 Å². The molecule has 0 radical (unpaired) electrons. The van der Waals surface area contributed by atoms with Crippen molar-refractivity contribution in [3.05, 3.63) is 106 Å². The van der Waals surface area contributed by atoms with Gasteiger partial charge in [-0.25, -0.2) is 35.1 Å². The van der Waals surface area contributed by atoms with Crippen molar-refractivity contribution in [2.45, 2.75) is 12.4 Å². The predicted molar refractivity (Wildman–Crippen MR) is 122 cm³/mol. The molecule has 0 heterocycles. The Bertz CT molecular complexity index is 1680. The molecule has 0 amide bonds. The lowest BCUT2D eigenvalue weighted by molar-refractivity contribution is -0.144. The van der Waals surface area contributed by atoms with Crippen LogP contribution in [0.4, 0.5) is 61.5 Å². The van der Waals surface area contributed by atoms with Crippen molar-refractivity contribution in [2.24, 2.45) is 0 Å². The molecule has 0 aliphatic carbocycles. The Morgan fingerprint density at radius 1 is 0.310 bits per heavy atom. The average Bonchev–Trinajstić information content (AvgIpc) is 2.90. The highest BCUT2D eigenvalue weighted by atomic mass is 19.4. The van der Waals surface area contributed by atoms with E-state index < -0.39 is 114 Å². The van der Waals surface area contributed by atoms with Crippen LogP contribution in [0.2, 0.25) is 0 Å². The largest absolute Gasteiger partial charge is 0.422 e. The average molecular weight is 610 g/mol. The van der Waals surface area contributed by atoms with Crippen LogP contribution in [0, 0.1) is 46.5 Å². The van der Waals surface area contributed by atoms with Gasteiger partial charge in [0.25, 0.3) is 0 Å². The minimum Gasteiger partial charge on any atom is -0.203 e. The van der Waals surface area contributed by atoms with Crippen molar-refractivity contribution in [1.29, 1.82) is 0 Å². The van der Waals surface area contributed by atoms with Crippen molar-refractivity contribution in [3.8, 4) is 22.3 Å². The first-order valence-corrected chi connectivity index (χ1v) is 11.3. The minimum atomic E-state index is -5.87. The maximum atomic E-state index is 15.2. The fourth-order valence-electron chi connectivity index (χ4n) is 4.87. The molecule has 0 bridgehead atoms. The van der Waals surface area contributed by atoms with Gasteiger partial charge in [-0.1, -0.05) is 48.5 Å². The van der Waals surface area contributed by atoms with Gasteiger partial charge in [-0.05, 0) is 21.5 Å². The smallest absolute Gasteiger partial charge is 0.203 e. The molecule has 0 atom stereocenters. The van der Waals surface area contributed by atoms with E-state index in [0.29, 0.717) is 0 Å². The topological polar surface area (TPSA) is 0 Å². The van der Waals surface area contributed by atoms with Crippen LogP contribution in [-0.2, 0) is 12.4 Å². The Morgan fingerprint density at radius 2 is 0.524 bits per heavy atom. The monoisotopic (exact) mass is 610 g/mol. The second-order valence-corrected chi connectivity index (χ2v) is 8.85. The summed E-state index contributed by atoms with van der Waals surface area (Å²) in [6.07, 6.45) is -11.7. The molecule has 5 aromatic carbocycles. The zero-order chi connectivity index (χ0) is 31.0. The van der Waals surface area contributed by atoms with Crippen LogP contribution in [0.25, 0.3) is 43.8 Å². The fourth-order valence-corrected chi connectivity index (χ4v) is 4.87. The van der Waals surface area contributed by atoms with Gasteiger partial charge in [0, 0.05) is 11.1 Å². The third kappa shape index (κ3) is 4.14. The van der Waals surface area contributed by atoms with E-state index in [2.05, 4.69) is 0 Å². The van der Waals surface area contributed by atoms with E-state index in [1.54, 1.807) is 0 Å². The molecule has 5 rings (SSSR count). The Labute approximate surface area is 224 Å². The van der Waals surface area contributed by atoms with Crippen molar-refractivity contribution < 1.29 is 61.5 Å². The highest BCUT2D eigenvalue weighted by Gasteiger charge is 2.44. The summed E-state index contributed by atoms with van der Waals surface area (Å²) >= 11 is 0. The van der Waals surface area contributed by atoms with Crippen molar-refractivity contribution in [3.63, 3.8) is 0 Å². The molecule has 0 aliphatic heterocycles. The lowest BCUT2D eigenvalue weighted by Gasteiger charge is -2.21. The number of benzene rings is 5. The first-order chi connectivity index (χ1) is 19.5. The number of alkyl halides is 6. The normalized spacial score (nSPS) is 12.5. The van der Waals surface area contributed by atoms with E-state index in [-0.39, 0.29) is 0 Å². The summed E-state index contributed by atoms with van der Waals surface area (Å²) in [4.78, 5) is 0. The number of halogens is 14. The molecule has 14 heteroatoms. The summed E-state index contributed by atoms with van der Waals surface area (Å²) in [6, 6.07) is 8.27. The summed E-state index contributed by atoms with van der Waals surface area (Å²) < 4.78 is 198. The molecule has 0 unspecified atom stereocenters. The van der Waals surface area contributed by atoms with Gasteiger partial charge in [0.1, 0.15) is 11.1 Å². The van der Waals surface area contributed by atoms with Gasteiger partial charge in [0.05, 0.1) is 11.1 Å². The summed E-state index contributed by atoms with van der Waals surface area (Å²) in [7, 11) is 0. The first-order valence-electron chi connectivity index (χ1n) is 11.3. The summed E-state index contributed by atoms with van der Waals surface area (Å²) in [5.41, 5.74) is -10.7. The lowest BCUT2D eigenvalue weighted by atomic mass is 9.84. The van der Waals surface area contributed by atoms with E-state index in [9.17, 15) is 43.9 Å². The molecule has 0 N–H and O–H groups in total. The van der Waals surface area contributed by atoms with Crippen LogP contribution in [0.15, 0.2) is 48.5 Å². The number of rotatable bonds is 2. The molecule has 218 valence electrons. The van der Waals surface area contributed by atoms with Crippen molar-refractivity contribution in [1.82, 2.24) is 0 Å². The SMILES string of the molecule is Fc1c(F)c(C(F)(F)F)c(F)c(F)c1-c1c2ccccc2c(-c2c(F)c(F)c(C(F)(F)F)c(F)c2F)c2ccccc12. The highest BCUT2D eigenvalue weighted by molar-refractivity contribution is 6.21. The zero-order valence-corrected chi connectivity index (χ0v) is 19.9. The molecule has 0 saturated carbocycles. The van der Waals surface area contributed by atoms with Crippen LogP contribution in [0.1, 0.15) is 11.1 Å². The van der Waals surface area contributed by atoms with E-state index in [1.165, 1.54) is 0 Å². The Balaban J connectivity index is 2.02. The van der Waals surface area contributed by atoms with Crippen LogP contribution in [0.3, 0.4) is 0 Å². The van der Waals surface area contributed by atoms with Gasteiger partial charge < -0.3 is 0 Å². The second kappa shape index (κ2) is 9.60. The maximum absolute atomic E-state index is 15.2. The molecule has 0 aromatic heterocycles. The third-order valence-electron chi connectivity index (χ3n) is 6.53. The minimum absolute atomic E-state index is 0.554. The molecular weight excluding hydrogens is 602 g/mol. The third-order valence-corrected chi connectivity index (χ3v) is 6.53. The standard InChI is InChI=1S/C28H8F14/c29-19-15(20(30)24(34)17(23(19)33)27(37,38)39)13-9-5-1-2-6-10(9)14(12-8-4-3-7-11(12)13)16-21(31)25(35)18(28(40,41)42)26(36)22(16)32/h1-8H. The quantitative estimate of drug-likeness (QED) is 0.106. The molecule has 42 heavy (non-hydrogen) atoms. The van der Waals surface area contributed by atoms with Crippen molar-refractivity contribution >= 4 is 21.5 Å². The van der Waals surface area contributed by atoms with Crippen LogP contribution in [-0.4, -0.2) is 0 Å². The van der Waals surface area contributed by atoms with E-state index in [0.717, 1.165) is 48.5 Å². The summed E-state index contributed by atoms with van der Waals surface area (Å²) in [5.74, 6) is -21.2. The lowest BCUT2D eigenvalue weighted by Crippen LogP contribution is -2.16. The van der Waals surface area contributed by atoms with Gasteiger partial charge in [-0.3, -0.25) is 0 Å². The first kappa shape index (κ1) is 29.1. The molecule has 0 aliphatic rings. The van der Waals surface area contributed by atoms with E-state index >= 15 is 17.6 Å². The van der Waals surface area contributed by atoms with Crippen molar-refractivity contribution in [2.75, 3.05) is 0 Å². The number of fused-ring (bicyclic) bond motifs is 2. The fraction of sp³-hybridized carbons (Fsp3) is 0.0714.